The monoisotopic (exact) mass is 449 g/mol. The average Bonchev–Trinajstić information content (AvgIpc) is 3.37. The summed E-state index contributed by atoms with van der Waals surface area (Å²) >= 11 is 0. The normalized spacial score (nSPS) is 17.5. The summed E-state index contributed by atoms with van der Waals surface area (Å²) < 4.78 is 28.9. The van der Waals surface area contributed by atoms with E-state index in [9.17, 15) is 9.00 Å². The molecule has 1 N–H and O–H groups in total. The van der Waals surface area contributed by atoms with Crippen LogP contribution in [0.5, 0.6) is 11.5 Å². The van der Waals surface area contributed by atoms with Crippen LogP contribution in [0.1, 0.15) is 31.2 Å². The minimum absolute atomic E-state index is 0.0448. The first-order valence-electron chi connectivity index (χ1n) is 10.5. The summed E-state index contributed by atoms with van der Waals surface area (Å²) in [6.45, 7) is 6.59. The summed E-state index contributed by atoms with van der Waals surface area (Å²) in [6, 6.07) is 5.76. The van der Waals surface area contributed by atoms with Gasteiger partial charge in [0.05, 0.1) is 25.7 Å². The largest absolute Gasteiger partial charge is 0.493 e. The third-order valence-electron chi connectivity index (χ3n) is 5.55. The smallest absolute Gasteiger partial charge is 0.232 e. The first-order valence-corrected chi connectivity index (χ1v) is 12.0. The van der Waals surface area contributed by atoms with Crippen LogP contribution in [-0.4, -0.2) is 65.6 Å². The molecule has 0 aliphatic carbocycles. The Morgan fingerprint density at radius 2 is 2.10 bits per heavy atom. The molecule has 2 atom stereocenters. The van der Waals surface area contributed by atoms with E-state index in [0.29, 0.717) is 41.4 Å². The lowest BCUT2D eigenvalue weighted by Gasteiger charge is -2.22. The molecule has 9 heteroatoms. The number of amides is 1. The molecule has 0 bridgehead atoms. The zero-order chi connectivity index (χ0) is 22.4. The topological polar surface area (TPSA) is 93.9 Å². The van der Waals surface area contributed by atoms with Gasteiger partial charge in [0.15, 0.2) is 11.5 Å². The third kappa shape index (κ3) is 5.86. The number of benzene rings is 1. The molecule has 170 valence electrons. The number of nitrogens with one attached hydrogen (secondary N) is 1. The highest BCUT2D eigenvalue weighted by molar-refractivity contribution is 7.84. The number of hydrogen-bond donors (Lipinski definition) is 1. The van der Waals surface area contributed by atoms with Gasteiger partial charge in [-0.15, -0.1) is 0 Å². The maximum Gasteiger partial charge on any atom is 0.232 e. The fourth-order valence-corrected chi connectivity index (χ4v) is 4.90. The van der Waals surface area contributed by atoms with Crippen LogP contribution >= 0.6 is 0 Å². The summed E-state index contributed by atoms with van der Waals surface area (Å²) in [4.78, 5) is 19.1. The fourth-order valence-electron chi connectivity index (χ4n) is 3.83. The van der Waals surface area contributed by atoms with Gasteiger partial charge in [0.1, 0.15) is 11.5 Å². The number of carbonyl (C=O) groups is 1. The predicted octanol–water partition coefficient (Wildman–Crippen LogP) is 2.52. The van der Waals surface area contributed by atoms with E-state index < -0.39 is 10.8 Å². The predicted molar refractivity (Wildman–Crippen MR) is 120 cm³/mol. The Kier molecular flexibility index (Phi) is 8.09. The molecule has 1 aliphatic rings. The van der Waals surface area contributed by atoms with E-state index in [4.69, 9.17) is 13.9 Å². The Morgan fingerprint density at radius 1 is 1.32 bits per heavy atom. The van der Waals surface area contributed by atoms with Crippen molar-refractivity contribution in [2.75, 3.05) is 39.6 Å². The zero-order valence-corrected chi connectivity index (χ0v) is 19.4. The molecule has 0 spiro atoms. The summed E-state index contributed by atoms with van der Waals surface area (Å²) in [5.41, 5.74) is 1.32. The fraction of sp³-hybridized carbons (Fsp3) is 0.545. The molecule has 1 aromatic heterocycles. The van der Waals surface area contributed by atoms with Gasteiger partial charge in [0.2, 0.25) is 11.8 Å². The molecule has 2 aromatic rings. The second-order valence-electron chi connectivity index (χ2n) is 7.55. The van der Waals surface area contributed by atoms with E-state index in [2.05, 4.69) is 22.1 Å². The SMILES string of the molecule is CCN1CCC[C@@H]1CNC(=O)C[S@@](=O)Cc1nc(-c2ccc(OC)c(OC)c2)oc1C. The van der Waals surface area contributed by atoms with Crippen LogP contribution in [0, 0.1) is 6.92 Å². The average molecular weight is 450 g/mol. The molecule has 0 saturated carbocycles. The standard InChI is InChI=1S/C22H31N3O5S/c1-5-25-10-6-7-17(25)12-23-21(26)14-31(27)13-18-15(2)30-22(24-18)16-8-9-19(28-3)20(11-16)29-4/h8-9,11,17H,5-7,10,12-14H2,1-4H3,(H,23,26)/t17-,31+/m1/s1. The van der Waals surface area contributed by atoms with Crippen LogP contribution in [0.3, 0.4) is 0 Å². The number of carbonyl (C=O) groups excluding carboxylic acids is 1. The molecule has 31 heavy (non-hydrogen) atoms. The summed E-state index contributed by atoms with van der Waals surface area (Å²) in [5.74, 6) is 2.11. The lowest BCUT2D eigenvalue weighted by molar-refractivity contribution is -0.118. The Bertz CT molecular complexity index is 930. The maximum absolute atomic E-state index is 12.5. The number of aryl methyl sites for hydroxylation is 1. The second-order valence-corrected chi connectivity index (χ2v) is 9.01. The quantitative estimate of drug-likeness (QED) is 0.596. The Morgan fingerprint density at radius 3 is 2.81 bits per heavy atom. The highest BCUT2D eigenvalue weighted by Crippen LogP contribution is 2.32. The van der Waals surface area contributed by atoms with Crippen LogP contribution < -0.4 is 14.8 Å². The van der Waals surface area contributed by atoms with E-state index in [0.717, 1.165) is 31.5 Å². The van der Waals surface area contributed by atoms with Gasteiger partial charge in [-0.3, -0.25) is 13.9 Å². The summed E-state index contributed by atoms with van der Waals surface area (Å²) in [5, 5.41) is 2.93. The Labute approximate surface area is 185 Å². The first-order chi connectivity index (χ1) is 14.9. The van der Waals surface area contributed by atoms with Crippen molar-refractivity contribution in [2.24, 2.45) is 0 Å². The molecule has 0 radical (unpaired) electrons. The van der Waals surface area contributed by atoms with Gasteiger partial charge in [-0.1, -0.05) is 6.92 Å². The summed E-state index contributed by atoms with van der Waals surface area (Å²) in [7, 11) is 1.77. The molecule has 1 amide bonds. The highest BCUT2D eigenvalue weighted by atomic mass is 32.2. The number of oxazole rings is 1. The van der Waals surface area contributed by atoms with Gasteiger partial charge in [0.25, 0.3) is 0 Å². The highest BCUT2D eigenvalue weighted by Gasteiger charge is 2.23. The van der Waals surface area contributed by atoms with E-state index in [-0.39, 0.29) is 17.4 Å². The molecule has 2 heterocycles. The Balaban J connectivity index is 1.57. The number of methoxy groups -OCH3 is 2. The number of hydrogen-bond acceptors (Lipinski definition) is 7. The number of rotatable bonds is 10. The minimum Gasteiger partial charge on any atom is -0.493 e. The maximum atomic E-state index is 12.5. The van der Waals surface area contributed by atoms with E-state index in [1.165, 1.54) is 0 Å². The van der Waals surface area contributed by atoms with Crippen molar-refractivity contribution in [2.45, 2.75) is 38.5 Å². The number of nitrogens with zero attached hydrogens (tertiary/aromatic N) is 2. The van der Waals surface area contributed by atoms with Crippen LogP contribution in [0.2, 0.25) is 0 Å². The second kappa shape index (κ2) is 10.8. The van der Waals surface area contributed by atoms with Crippen molar-refractivity contribution in [1.29, 1.82) is 0 Å². The van der Waals surface area contributed by atoms with Gasteiger partial charge in [-0.2, -0.15) is 0 Å². The third-order valence-corrected chi connectivity index (χ3v) is 6.73. The minimum atomic E-state index is -1.37. The number of aromatic nitrogens is 1. The first kappa shape index (κ1) is 23.3. The van der Waals surface area contributed by atoms with Gasteiger partial charge in [-0.05, 0) is 51.1 Å². The molecular formula is C22H31N3O5S. The number of likely N-dealkylation sites (N-methyl/N-ethyl adjacent to an activating group) is 1. The van der Waals surface area contributed by atoms with Crippen LogP contribution in [0.15, 0.2) is 22.6 Å². The summed E-state index contributed by atoms with van der Waals surface area (Å²) in [6.07, 6.45) is 2.25. The number of ether oxygens (including phenoxy) is 2. The van der Waals surface area contributed by atoms with Crippen molar-refractivity contribution < 1.29 is 22.9 Å². The van der Waals surface area contributed by atoms with Gasteiger partial charge >= 0.3 is 0 Å². The number of likely N-dealkylation sites (tertiary alicyclic amines) is 1. The van der Waals surface area contributed by atoms with E-state index in [1.54, 1.807) is 33.3 Å². The molecule has 1 aromatic carbocycles. The Hall–Kier alpha value is -2.39. The molecule has 1 fully saturated rings. The molecule has 1 aliphatic heterocycles. The van der Waals surface area contributed by atoms with Crippen molar-refractivity contribution >= 4 is 16.7 Å². The van der Waals surface area contributed by atoms with Crippen LogP contribution in [0.4, 0.5) is 0 Å². The molecule has 8 nitrogen and oxygen atoms in total. The van der Waals surface area contributed by atoms with E-state index >= 15 is 0 Å². The lowest BCUT2D eigenvalue weighted by Crippen LogP contribution is -2.41. The van der Waals surface area contributed by atoms with Crippen LogP contribution in [-0.2, 0) is 21.3 Å². The van der Waals surface area contributed by atoms with Crippen molar-refractivity contribution in [3.8, 4) is 23.0 Å². The van der Waals surface area contributed by atoms with Crippen molar-refractivity contribution in [3.63, 3.8) is 0 Å². The van der Waals surface area contributed by atoms with Crippen molar-refractivity contribution in [1.82, 2.24) is 15.2 Å². The zero-order valence-electron chi connectivity index (χ0n) is 18.6. The van der Waals surface area contributed by atoms with Crippen molar-refractivity contribution in [3.05, 3.63) is 29.7 Å². The van der Waals surface area contributed by atoms with Crippen LogP contribution in [0.25, 0.3) is 11.5 Å². The van der Waals surface area contributed by atoms with Gasteiger partial charge in [0, 0.05) is 28.9 Å². The van der Waals surface area contributed by atoms with Gasteiger partial charge in [-0.25, -0.2) is 4.98 Å². The lowest BCUT2D eigenvalue weighted by atomic mass is 10.2. The van der Waals surface area contributed by atoms with E-state index in [1.807, 2.05) is 6.07 Å². The molecule has 1 saturated heterocycles. The van der Waals surface area contributed by atoms with Gasteiger partial charge < -0.3 is 19.2 Å². The molecule has 3 rings (SSSR count). The molecule has 0 unspecified atom stereocenters. The molecular weight excluding hydrogens is 418 g/mol.